The Morgan fingerprint density at radius 3 is 1.73 bits per heavy atom. The van der Waals surface area contributed by atoms with Gasteiger partial charge in [0.2, 0.25) is 17.7 Å². The molecule has 40 heavy (non-hydrogen) atoms. The van der Waals surface area contributed by atoms with Gasteiger partial charge in [-0.3, -0.25) is 19.3 Å². The fourth-order valence-corrected chi connectivity index (χ4v) is 7.50. The highest BCUT2D eigenvalue weighted by Crippen LogP contribution is 2.69. The van der Waals surface area contributed by atoms with E-state index in [0.29, 0.717) is 46.5 Å². The van der Waals surface area contributed by atoms with E-state index in [2.05, 4.69) is 5.32 Å². The summed E-state index contributed by atoms with van der Waals surface area (Å²) in [6, 6.07) is 19.8. The lowest BCUT2D eigenvalue weighted by Gasteiger charge is -2.54. The summed E-state index contributed by atoms with van der Waals surface area (Å²) in [5.41, 5.74) is 3.55. The predicted octanol–water partition coefficient (Wildman–Crippen LogP) is 5.17. The van der Waals surface area contributed by atoms with Gasteiger partial charge in [-0.1, -0.05) is 55.5 Å². The normalized spacial score (nSPS) is 26.6. The fraction of sp³-hybridized carbons (Fsp3) is 0.290. The number of benzene rings is 3. The Morgan fingerprint density at radius 2 is 1.30 bits per heavy atom. The number of likely N-dealkylation sites (tertiary alicyclic amines) is 1. The maximum Gasteiger partial charge on any atom is 0.338 e. The van der Waals surface area contributed by atoms with Crippen LogP contribution in [0.25, 0.3) is 0 Å². The van der Waals surface area contributed by atoms with Crippen LogP contribution in [0.15, 0.2) is 72.8 Å². The van der Waals surface area contributed by atoms with Crippen LogP contribution in [0, 0.1) is 11.8 Å². The minimum absolute atomic E-state index is 0.318. The van der Waals surface area contributed by atoms with Crippen molar-refractivity contribution in [1.82, 2.24) is 4.90 Å². The van der Waals surface area contributed by atoms with Crippen LogP contribution >= 0.6 is 23.2 Å². The third kappa shape index (κ3) is 3.50. The summed E-state index contributed by atoms with van der Waals surface area (Å²) < 4.78 is 5.13. The first kappa shape index (κ1) is 26.5. The molecule has 204 valence electrons. The highest BCUT2D eigenvalue weighted by molar-refractivity contribution is 6.36. The van der Waals surface area contributed by atoms with Crippen LogP contribution < -0.4 is 5.32 Å². The zero-order valence-corrected chi connectivity index (χ0v) is 23.3. The van der Waals surface area contributed by atoms with E-state index in [9.17, 15) is 19.2 Å². The Balaban J connectivity index is 1.31. The van der Waals surface area contributed by atoms with Crippen molar-refractivity contribution in [1.29, 1.82) is 0 Å². The van der Waals surface area contributed by atoms with Gasteiger partial charge in [-0.05, 0) is 59.9 Å². The summed E-state index contributed by atoms with van der Waals surface area (Å²) >= 11 is 14.9. The SMILES string of the molecule is CCCOC(=O)c1ccc(NC(=O)[C@@H](C)N2C(=O)[C@@H]3[C@H](C2=O)C2(Cl)c4ccccc4C3(Cl)c3ccccc32)cc1. The average molecular weight is 577 g/mol. The highest BCUT2D eigenvalue weighted by Gasteiger charge is 2.73. The Bertz CT molecular complexity index is 1450. The van der Waals surface area contributed by atoms with E-state index in [1.807, 2.05) is 55.5 Å². The number of halogens is 2. The van der Waals surface area contributed by atoms with Crippen molar-refractivity contribution in [2.75, 3.05) is 11.9 Å². The van der Waals surface area contributed by atoms with Crippen LogP contribution in [0.4, 0.5) is 5.69 Å². The zero-order valence-electron chi connectivity index (χ0n) is 21.8. The van der Waals surface area contributed by atoms with Gasteiger partial charge >= 0.3 is 5.97 Å². The second kappa shape index (κ2) is 9.46. The van der Waals surface area contributed by atoms with Gasteiger partial charge in [0, 0.05) is 5.69 Å². The molecule has 3 aliphatic carbocycles. The number of hydrogen-bond donors (Lipinski definition) is 1. The van der Waals surface area contributed by atoms with Crippen molar-refractivity contribution < 1.29 is 23.9 Å². The van der Waals surface area contributed by atoms with Crippen LogP contribution in [-0.4, -0.2) is 41.2 Å². The average Bonchev–Trinajstić information content (AvgIpc) is 3.25. The topological polar surface area (TPSA) is 92.8 Å². The zero-order chi connectivity index (χ0) is 28.4. The molecule has 1 saturated heterocycles. The summed E-state index contributed by atoms with van der Waals surface area (Å²) in [6.07, 6.45) is 0.710. The van der Waals surface area contributed by atoms with Crippen molar-refractivity contribution in [2.24, 2.45) is 11.8 Å². The molecule has 1 fully saturated rings. The molecule has 7 rings (SSSR count). The molecule has 3 atom stereocenters. The highest BCUT2D eigenvalue weighted by atomic mass is 35.5. The van der Waals surface area contributed by atoms with Gasteiger partial charge in [-0.25, -0.2) is 4.79 Å². The van der Waals surface area contributed by atoms with Gasteiger partial charge in [0.25, 0.3) is 0 Å². The first-order valence-corrected chi connectivity index (χ1v) is 13.9. The first-order valence-electron chi connectivity index (χ1n) is 13.2. The molecule has 7 nitrogen and oxygen atoms in total. The third-order valence-corrected chi connectivity index (χ3v) is 9.50. The fourth-order valence-electron chi connectivity index (χ4n) is 6.40. The lowest BCUT2D eigenvalue weighted by atomic mass is 9.54. The van der Waals surface area contributed by atoms with Gasteiger partial charge in [-0.2, -0.15) is 0 Å². The lowest BCUT2D eigenvalue weighted by Crippen LogP contribution is -2.57. The van der Waals surface area contributed by atoms with Gasteiger partial charge in [0.05, 0.1) is 24.0 Å². The number of imide groups is 1. The van der Waals surface area contributed by atoms with Crippen molar-refractivity contribution in [3.8, 4) is 0 Å². The number of carbonyl (C=O) groups excluding carboxylic acids is 4. The molecule has 0 unspecified atom stereocenters. The molecule has 0 spiro atoms. The maximum atomic E-state index is 14.0. The predicted molar refractivity (Wildman–Crippen MR) is 150 cm³/mol. The van der Waals surface area contributed by atoms with E-state index in [1.165, 1.54) is 6.92 Å². The van der Waals surface area contributed by atoms with Crippen LogP contribution in [0.1, 0.15) is 52.9 Å². The maximum absolute atomic E-state index is 14.0. The van der Waals surface area contributed by atoms with Crippen molar-refractivity contribution in [2.45, 2.75) is 36.1 Å². The molecule has 3 aromatic carbocycles. The van der Waals surface area contributed by atoms with E-state index in [0.717, 1.165) is 4.90 Å². The van der Waals surface area contributed by atoms with E-state index < -0.39 is 51.3 Å². The summed E-state index contributed by atoms with van der Waals surface area (Å²) in [5, 5.41) is 2.74. The number of ether oxygens (including phenoxy) is 1. The molecule has 1 aliphatic heterocycles. The van der Waals surface area contributed by atoms with Gasteiger partial charge < -0.3 is 10.1 Å². The van der Waals surface area contributed by atoms with Gasteiger partial charge in [0.1, 0.15) is 15.8 Å². The Kier molecular flexibility index (Phi) is 6.28. The molecule has 3 amide bonds. The molecule has 1 N–H and O–H groups in total. The van der Waals surface area contributed by atoms with Gasteiger partial charge in [-0.15, -0.1) is 23.2 Å². The summed E-state index contributed by atoms with van der Waals surface area (Å²) in [4.78, 5) is 51.9. The molecule has 4 aliphatic rings. The second-order valence-electron chi connectivity index (χ2n) is 10.4. The Morgan fingerprint density at radius 1 is 0.850 bits per heavy atom. The second-order valence-corrected chi connectivity index (χ2v) is 11.6. The van der Waals surface area contributed by atoms with Crippen LogP contribution in [-0.2, 0) is 28.9 Å². The number of hydrogen-bond acceptors (Lipinski definition) is 5. The van der Waals surface area contributed by atoms with E-state index in [-0.39, 0.29) is 0 Å². The number of esters is 1. The minimum Gasteiger partial charge on any atom is -0.462 e. The van der Waals surface area contributed by atoms with Gasteiger partial charge in [0.15, 0.2) is 0 Å². The number of amides is 3. The third-order valence-electron chi connectivity index (χ3n) is 8.21. The number of anilines is 1. The Hall–Kier alpha value is -3.68. The molecule has 0 radical (unpaired) electrons. The molecule has 2 bridgehead atoms. The van der Waals surface area contributed by atoms with E-state index in [1.54, 1.807) is 24.3 Å². The first-order chi connectivity index (χ1) is 19.1. The van der Waals surface area contributed by atoms with Crippen LogP contribution in [0.5, 0.6) is 0 Å². The smallest absolute Gasteiger partial charge is 0.338 e. The molecule has 0 saturated carbocycles. The Labute approximate surface area is 241 Å². The molecular formula is C31H26Cl2N2O5. The number of nitrogens with one attached hydrogen (secondary N) is 1. The van der Waals surface area contributed by atoms with E-state index >= 15 is 0 Å². The lowest BCUT2D eigenvalue weighted by molar-refractivity contribution is -0.146. The quantitative estimate of drug-likeness (QED) is 0.248. The van der Waals surface area contributed by atoms with Crippen LogP contribution in [0.3, 0.4) is 0 Å². The van der Waals surface area contributed by atoms with E-state index in [4.69, 9.17) is 27.9 Å². The summed E-state index contributed by atoms with van der Waals surface area (Å²) in [6.45, 7) is 3.72. The number of carbonyl (C=O) groups is 4. The molecule has 3 aromatic rings. The molecule has 0 aromatic heterocycles. The monoisotopic (exact) mass is 576 g/mol. The number of alkyl halides is 2. The summed E-state index contributed by atoms with van der Waals surface area (Å²) in [7, 11) is 0. The van der Waals surface area contributed by atoms with Crippen molar-refractivity contribution >= 4 is 52.6 Å². The van der Waals surface area contributed by atoms with Crippen molar-refractivity contribution in [3.63, 3.8) is 0 Å². The standard InChI is InChI=1S/C31H26Cl2N2O5/c1-3-16-40-29(39)18-12-14-19(15-13-18)34-26(36)17(2)35-27(37)24-25(28(35)38)31(33)21-9-5-4-8-20(21)30(24,32)22-10-6-7-11-23(22)31/h4-15,17,24-25H,3,16H2,1-2H3,(H,34,36)/t17-,24-,25+,30?,31?/m1/s1. The number of nitrogens with zero attached hydrogens (tertiary/aromatic N) is 1. The number of rotatable bonds is 6. The molecular weight excluding hydrogens is 551 g/mol. The van der Waals surface area contributed by atoms with Crippen LogP contribution in [0.2, 0.25) is 0 Å². The minimum atomic E-state index is -1.31. The van der Waals surface area contributed by atoms with Crippen molar-refractivity contribution in [3.05, 3.63) is 101 Å². The molecule has 1 heterocycles. The summed E-state index contributed by atoms with van der Waals surface area (Å²) in [5.74, 6) is -4.03. The molecule has 9 heteroatoms. The largest absolute Gasteiger partial charge is 0.462 e.